The minimum atomic E-state index is -4.28. The summed E-state index contributed by atoms with van der Waals surface area (Å²) >= 11 is 0. The summed E-state index contributed by atoms with van der Waals surface area (Å²) in [6.07, 6.45) is 58.7. The predicted molar refractivity (Wildman–Crippen MR) is 271 cm³/mol. The Morgan fingerprint density at radius 2 is 0.698 bits per heavy atom. The van der Waals surface area contributed by atoms with Crippen LogP contribution < -0.4 is 5.73 Å². The molecule has 378 valence electrons. The molecule has 0 aromatic heterocycles. The molecule has 0 fully saturated rings. The van der Waals surface area contributed by atoms with Crippen LogP contribution in [0.15, 0.2) is 0 Å². The van der Waals surface area contributed by atoms with Gasteiger partial charge in [-0.1, -0.05) is 284 Å². The van der Waals surface area contributed by atoms with Crippen LogP contribution in [0.25, 0.3) is 0 Å². The first-order chi connectivity index (χ1) is 30.9. The van der Waals surface area contributed by atoms with E-state index in [-0.39, 0.29) is 32.3 Å². The van der Waals surface area contributed by atoms with Gasteiger partial charge in [0.2, 0.25) is 0 Å². The summed E-state index contributed by atoms with van der Waals surface area (Å²) in [6.45, 7) is 5.02. The van der Waals surface area contributed by atoms with Crippen molar-refractivity contribution in [2.24, 2.45) is 5.73 Å². The van der Waals surface area contributed by atoms with Crippen molar-refractivity contribution in [1.29, 1.82) is 0 Å². The second-order valence-electron chi connectivity index (χ2n) is 19.2. The predicted octanol–water partition coefficient (Wildman–Crippen LogP) is 17.6. The molecule has 0 aromatic carbocycles. The van der Waals surface area contributed by atoms with Crippen molar-refractivity contribution in [3.63, 3.8) is 0 Å². The second-order valence-corrected chi connectivity index (χ2v) is 20.6. The number of carbonyl (C=O) groups excluding carboxylic acids is 1. The molecule has 0 bridgehead atoms. The number of esters is 1. The van der Waals surface area contributed by atoms with E-state index in [9.17, 15) is 14.3 Å². The zero-order chi connectivity index (χ0) is 45.8. The molecule has 0 spiro atoms. The molecule has 0 aliphatic heterocycles. The average molecular weight is 916 g/mol. The van der Waals surface area contributed by atoms with Crippen LogP contribution in [0.3, 0.4) is 0 Å². The van der Waals surface area contributed by atoms with Crippen LogP contribution in [0.5, 0.6) is 0 Å². The highest BCUT2D eigenvalue weighted by Gasteiger charge is 2.25. The normalized spacial score (nSPS) is 13.1. The Labute approximate surface area is 392 Å². The molecule has 0 saturated heterocycles. The number of unbranched alkanes of at least 4 members (excludes halogenated alkanes) is 42. The first-order valence-electron chi connectivity index (χ1n) is 28.0. The zero-order valence-corrected chi connectivity index (χ0v) is 43.2. The molecule has 8 nitrogen and oxygen atoms in total. The maximum absolute atomic E-state index is 12.7. The van der Waals surface area contributed by atoms with Crippen molar-refractivity contribution >= 4 is 13.8 Å². The smallest absolute Gasteiger partial charge is 0.457 e. The Morgan fingerprint density at radius 1 is 0.413 bits per heavy atom. The first kappa shape index (κ1) is 62.5. The van der Waals surface area contributed by atoms with Crippen LogP contribution in [-0.2, 0) is 27.9 Å². The molecule has 0 saturated carbocycles. The third-order valence-corrected chi connectivity index (χ3v) is 13.8. The lowest BCUT2D eigenvalue weighted by molar-refractivity contribution is -0.154. The highest BCUT2D eigenvalue weighted by molar-refractivity contribution is 7.47. The van der Waals surface area contributed by atoms with Crippen molar-refractivity contribution in [2.45, 2.75) is 309 Å². The highest BCUT2D eigenvalue weighted by Crippen LogP contribution is 2.43. The molecule has 0 radical (unpaired) electrons. The molecule has 0 rings (SSSR count). The number of ether oxygens (including phenoxy) is 2. The minimum Gasteiger partial charge on any atom is -0.457 e. The van der Waals surface area contributed by atoms with E-state index in [1.165, 1.54) is 250 Å². The number of phosphoric ester groups is 1. The molecule has 63 heavy (non-hydrogen) atoms. The maximum Gasteiger partial charge on any atom is 0.472 e. The first-order valence-corrected chi connectivity index (χ1v) is 29.5. The molecule has 0 aliphatic rings. The van der Waals surface area contributed by atoms with Gasteiger partial charge in [0.1, 0.15) is 6.10 Å². The molecule has 2 unspecified atom stereocenters. The van der Waals surface area contributed by atoms with Gasteiger partial charge in [-0.05, 0) is 12.8 Å². The van der Waals surface area contributed by atoms with Crippen LogP contribution in [0, 0.1) is 0 Å². The van der Waals surface area contributed by atoms with E-state index < -0.39 is 13.9 Å². The van der Waals surface area contributed by atoms with Crippen LogP contribution in [0.2, 0.25) is 0 Å². The molecule has 9 heteroatoms. The van der Waals surface area contributed by atoms with Crippen LogP contribution in [-0.4, -0.2) is 49.9 Å². The van der Waals surface area contributed by atoms with Gasteiger partial charge >= 0.3 is 13.8 Å². The standard InChI is InChI=1S/C54H110NO7P/c1-3-5-7-9-11-13-15-17-19-21-23-25-27-29-31-33-35-37-39-41-43-45-47-54(56)62-53(52-61-63(57,58)60-50-48-55)51-59-49-46-44-42-40-38-36-34-32-30-28-26-24-22-20-18-16-14-12-10-8-6-4-2/h53H,3-52,55H2,1-2H3,(H,57,58). The summed E-state index contributed by atoms with van der Waals surface area (Å²) < 4.78 is 33.7. The van der Waals surface area contributed by atoms with E-state index in [1.54, 1.807) is 0 Å². The van der Waals surface area contributed by atoms with Gasteiger partial charge in [-0.2, -0.15) is 0 Å². The lowest BCUT2D eigenvalue weighted by Gasteiger charge is -2.20. The summed E-state index contributed by atoms with van der Waals surface area (Å²) in [6, 6.07) is 0. The van der Waals surface area contributed by atoms with Gasteiger partial charge in [-0.25, -0.2) is 4.57 Å². The SMILES string of the molecule is CCCCCCCCCCCCCCCCCCCCCCCCOCC(COP(=O)(O)OCCN)OC(=O)CCCCCCCCCCCCCCCCCCCCCCCC. The third-order valence-electron chi connectivity index (χ3n) is 12.8. The van der Waals surface area contributed by atoms with Gasteiger partial charge in [-0.15, -0.1) is 0 Å². The van der Waals surface area contributed by atoms with Crippen LogP contribution >= 0.6 is 7.82 Å². The van der Waals surface area contributed by atoms with E-state index in [0.717, 1.165) is 32.1 Å². The summed E-state index contributed by atoms with van der Waals surface area (Å²) in [5, 5.41) is 0. The van der Waals surface area contributed by atoms with Gasteiger partial charge < -0.3 is 20.1 Å². The monoisotopic (exact) mass is 916 g/mol. The Morgan fingerprint density at radius 3 is 1.00 bits per heavy atom. The fourth-order valence-electron chi connectivity index (χ4n) is 8.65. The molecule has 2 atom stereocenters. The van der Waals surface area contributed by atoms with Crippen molar-refractivity contribution in [3.05, 3.63) is 0 Å². The zero-order valence-electron chi connectivity index (χ0n) is 42.4. The molecule has 0 heterocycles. The Bertz CT molecular complexity index is 940. The lowest BCUT2D eigenvalue weighted by Crippen LogP contribution is -2.28. The molecule has 0 aliphatic carbocycles. The van der Waals surface area contributed by atoms with Crippen molar-refractivity contribution in [2.75, 3.05) is 33.0 Å². The summed E-state index contributed by atoms with van der Waals surface area (Å²) in [4.78, 5) is 22.6. The fourth-order valence-corrected chi connectivity index (χ4v) is 9.41. The largest absolute Gasteiger partial charge is 0.472 e. The van der Waals surface area contributed by atoms with Gasteiger partial charge in [0, 0.05) is 19.6 Å². The van der Waals surface area contributed by atoms with Crippen molar-refractivity contribution in [3.8, 4) is 0 Å². The minimum absolute atomic E-state index is 0.0895. The maximum atomic E-state index is 12.7. The second kappa shape index (κ2) is 52.5. The highest BCUT2D eigenvalue weighted by atomic mass is 31.2. The van der Waals surface area contributed by atoms with Crippen molar-refractivity contribution in [1.82, 2.24) is 0 Å². The Kier molecular flexibility index (Phi) is 52.1. The number of nitrogens with two attached hydrogens (primary N) is 1. The number of carbonyl (C=O) groups is 1. The van der Waals surface area contributed by atoms with Crippen LogP contribution in [0.1, 0.15) is 303 Å². The van der Waals surface area contributed by atoms with Gasteiger partial charge in [0.15, 0.2) is 0 Å². The van der Waals surface area contributed by atoms with E-state index in [2.05, 4.69) is 13.8 Å². The fraction of sp³-hybridized carbons (Fsp3) is 0.981. The van der Waals surface area contributed by atoms with Gasteiger partial charge in [0.05, 0.1) is 19.8 Å². The quantitative estimate of drug-likeness (QED) is 0.0352. The number of rotatable bonds is 55. The number of hydrogen-bond donors (Lipinski definition) is 2. The topological polar surface area (TPSA) is 117 Å². The molecule has 0 aromatic rings. The van der Waals surface area contributed by atoms with E-state index >= 15 is 0 Å². The lowest BCUT2D eigenvalue weighted by atomic mass is 10.0. The summed E-state index contributed by atoms with van der Waals surface area (Å²) in [5.41, 5.74) is 5.40. The molecular weight excluding hydrogens is 806 g/mol. The number of hydrogen-bond acceptors (Lipinski definition) is 7. The summed E-state index contributed by atoms with van der Waals surface area (Å²) in [7, 11) is -4.28. The number of phosphoric acid groups is 1. The van der Waals surface area contributed by atoms with E-state index in [0.29, 0.717) is 13.0 Å². The molecule has 0 amide bonds. The van der Waals surface area contributed by atoms with Crippen LogP contribution in [0.4, 0.5) is 0 Å². The van der Waals surface area contributed by atoms with E-state index in [4.69, 9.17) is 24.3 Å². The van der Waals surface area contributed by atoms with Crippen molar-refractivity contribution < 1.29 is 32.8 Å². The van der Waals surface area contributed by atoms with Gasteiger partial charge in [0.25, 0.3) is 0 Å². The average Bonchev–Trinajstić information content (AvgIpc) is 3.28. The Hall–Kier alpha value is -0.500. The van der Waals surface area contributed by atoms with Gasteiger partial charge in [-0.3, -0.25) is 13.8 Å². The molecule has 3 N–H and O–H groups in total. The Balaban J connectivity index is 3.83. The molecular formula is C54H110NO7P. The van der Waals surface area contributed by atoms with E-state index in [1.807, 2.05) is 0 Å². The summed E-state index contributed by atoms with van der Waals surface area (Å²) in [5.74, 6) is -0.319. The third kappa shape index (κ3) is 52.3.